The van der Waals surface area contributed by atoms with Crippen LogP contribution in [0.25, 0.3) is 0 Å². The highest BCUT2D eigenvalue weighted by Gasteiger charge is 2.19. The second-order valence-electron chi connectivity index (χ2n) is 5.09. The Morgan fingerprint density at radius 2 is 1.73 bits per heavy atom. The molecule has 1 aromatic heterocycles. The van der Waals surface area contributed by atoms with Gasteiger partial charge in [-0.15, -0.1) is 0 Å². The summed E-state index contributed by atoms with van der Waals surface area (Å²) in [4.78, 5) is 9.08. The number of halogens is 2. The minimum absolute atomic E-state index is 0.674. The van der Waals surface area contributed by atoms with E-state index in [1.807, 2.05) is 36.5 Å². The largest absolute Gasteiger partial charge is 0.367 e. The van der Waals surface area contributed by atoms with Crippen molar-refractivity contribution in [1.82, 2.24) is 4.98 Å². The van der Waals surface area contributed by atoms with Gasteiger partial charge in [-0.25, -0.2) is 4.98 Å². The zero-order chi connectivity index (χ0) is 15.5. The number of pyridine rings is 1. The van der Waals surface area contributed by atoms with Crippen LogP contribution in [0, 0.1) is 11.3 Å². The fourth-order valence-electron chi connectivity index (χ4n) is 2.56. The molecule has 0 spiro atoms. The maximum Gasteiger partial charge on any atom is 0.128 e. The highest BCUT2D eigenvalue weighted by atomic mass is 79.9. The molecule has 1 aromatic carbocycles. The van der Waals surface area contributed by atoms with Crippen molar-refractivity contribution in [3.63, 3.8) is 0 Å². The van der Waals surface area contributed by atoms with Crippen LogP contribution in [0.15, 0.2) is 45.5 Å². The zero-order valence-electron chi connectivity index (χ0n) is 11.8. The van der Waals surface area contributed by atoms with Gasteiger partial charge in [0.15, 0.2) is 0 Å². The van der Waals surface area contributed by atoms with Crippen molar-refractivity contribution in [1.29, 1.82) is 5.26 Å². The molecule has 1 aliphatic heterocycles. The van der Waals surface area contributed by atoms with Gasteiger partial charge in [0, 0.05) is 41.3 Å². The third kappa shape index (κ3) is 3.26. The Morgan fingerprint density at radius 1 is 1.00 bits per heavy atom. The smallest absolute Gasteiger partial charge is 0.128 e. The summed E-state index contributed by atoms with van der Waals surface area (Å²) in [5, 5.41) is 8.94. The van der Waals surface area contributed by atoms with Gasteiger partial charge in [-0.05, 0) is 62.2 Å². The molecule has 3 rings (SSSR count). The molecule has 6 heteroatoms. The minimum Gasteiger partial charge on any atom is -0.367 e. The standard InChI is InChI=1S/C16H14Br2N4/c17-13-2-4-16(20-11-13)22-7-5-21(6-8-22)15-3-1-12(10-19)9-14(15)18/h1-4,9,11H,5-8H2. The van der Waals surface area contributed by atoms with E-state index in [0.29, 0.717) is 5.56 Å². The first-order chi connectivity index (χ1) is 10.7. The first kappa shape index (κ1) is 15.3. The lowest BCUT2D eigenvalue weighted by Crippen LogP contribution is -2.46. The van der Waals surface area contributed by atoms with Crippen LogP contribution in [0.5, 0.6) is 0 Å². The lowest BCUT2D eigenvalue weighted by molar-refractivity contribution is 0.646. The van der Waals surface area contributed by atoms with Gasteiger partial charge in [0.05, 0.1) is 17.3 Å². The van der Waals surface area contributed by atoms with E-state index in [9.17, 15) is 0 Å². The molecule has 0 atom stereocenters. The average Bonchev–Trinajstić information content (AvgIpc) is 2.56. The Morgan fingerprint density at radius 3 is 2.32 bits per heavy atom. The summed E-state index contributed by atoms with van der Waals surface area (Å²) in [6, 6.07) is 12.0. The zero-order valence-corrected chi connectivity index (χ0v) is 15.0. The van der Waals surface area contributed by atoms with Crippen LogP contribution in [0.1, 0.15) is 5.56 Å². The number of anilines is 2. The van der Waals surface area contributed by atoms with Gasteiger partial charge in [-0.1, -0.05) is 0 Å². The maximum absolute atomic E-state index is 8.94. The second-order valence-corrected chi connectivity index (χ2v) is 6.86. The van der Waals surface area contributed by atoms with E-state index in [0.717, 1.165) is 46.6 Å². The summed E-state index contributed by atoms with van der Waals surface area (Å²) in [5.74, 6) is 1.02. The van der Waals surface area contributed by atoms with E-state index in [1.54, 1.807) is 0 Å². The molecule has 112 valence electrons. The number of nitriles is 1. The van der Waals surface area contributed by atoms with Gasteiger partial charge in [0.25, 0.3) is 0 Å². The molecule has 0 radical (unpaired) electrons. The first-order valence-electron chi connectivity index (χ1n) is 6.98. The van der Waals surface area contributed by atoms with E-state index >= 15 is 0 Å². The summed E-state index contributed by atoms with van der Waals surface area (Å²) in [6.45, 7) is 3.73. The van der Waals surface area contributed by atoms with Crippen molar-refractivity contribution >= 4 is 43.4 Å². The van der Waals surface area contributed by atoms with Crippen LogP contribution in [0.2, 0.25) is 0 Å². The lowest BCUT2D eigenvalue weighted by Gasteiger charge is -2.37. The van der Waals surface area contributed by atoms with Crippen LogP contribution in [0.3, 0.4) is 0 Å². The summed E-state index contributed by atoms with van der Waals surface area (Å²) >= 11 is 6.98. The van der Waals surface area contributed by atoms with Crippen molar-refractivity contribution in [2.45, 2.75) is 0 Å². The molecule has 0 saturated carbocycles. The molecular formula is C16H14Br2N4. The number of aromatic nitrogens is 1. The Labute approximate surface area is 146 Å². The van der Waals surface area contributed by atoms with Gasteiger partial charge in [0.1, 0.15) is 5.82 Å². The highest BCUT2D eigenvalue weighted by molar-refractivity contribution is 9.10. The Hall–Kier alpha value is -1.58. The van der Waals surface area contributed by atoms with Crippen LogP contribution in [-0.4, -0.2) is 31.2 Å². The van der Waals surface area contributed by atoms with Crippen molar-refractivity contribution in [2.24, 2.45) is 0 Å². The number of benzene rings is 1. The first-order valence-corrected chi connectivity index (χ1v) is 8.57. The van der Waals surface area contributed by atoms with E-state index < -0.39 is 0 Å². The summed E-state index contributed by atoms with van der Waals surface area (Å²) in [5.41, 5.74) is 1.82. The number of rotatable bonds is 2. The van der Waals surface area contributed by atoms with Gasteiger partial charge in [-0.2, -0.15) is 5.26 Å². The summed E-state index contributed by atoms with van der Waals surface area (Å²) in [6.07, 6.45) is 1.83. The number of piperazine rings is 1. The third-order valence-corrected chi connectivity index (χ3v) is 4.84. The second kappa shape index (κ2) is 6.67. The van der Waals surface area contributed by atoms with Gasteiger partial charge < -0.3 is 9.80 Å². The van der Waals surface area contributed by atoms with E-state index in [1.165, 1.54) is 0 Å². The van der Waals surface area contributed by atoms with Crippen molar-refractivity contribution in [3.05, 3.63) is 51.0 Å². The summed E-state index contributed by atoms with van der Waals surface area (Å²) in [7, 11) is 0. The molecular weight excluding hydrogens is 408 g/mol. The topological polar surface area (TPSA) is 43.2 Å². The SMILES string of the molecule is N#Cc1ccc(N2CCN(c3ccc(Br)cn3)CC2)c(Br)c1. The Bertz CT molecular complexity index is 701. The average molecular weight is 422 g/mol. The van der Waals surface area contributed by atoms with Crippen LogP contribution < -0.4 is 9.80 Å². The number of nitrogens with zero attached hydrogens (tertiary/aromatic N) is 4. The molecule has 2 aromatic rings. The van der Waals surface area contributed by atoms with Crippen molar-refractivity contribution in [2.75, 3.05) is 36.0 Å². The van der Waals surface area contributed by atoms with E-state index in [4.69, 9.17) is 5.26 Å². The van der Waals surface area contributed by atoms with E-state index in [-0.39, 0.29) is 0 Å². The fourth-order valence-corrected chi connectivity index (χ4v) is 3.43. The normalized spacial score (nSPS) is 14.8. The molecule has 2 heterocycles. The van der Waals surface area contributed by atoms with Crippen LogP contribution >= 0.6 is 31.9 Å². The molecule has 1 fully saturated rings. The Balaban J connectivity index is 1.69. The van der Waals surface area contributed by atoms with Gasteiger partial charge in [0.2, 0.25) is 0 Å². The highest BCUT2D eigenvalue weighted by Crippen LogP contribution is 2.28. The monoisotopic (exact) mass is 420 g/mol. The van der Waals surface area contributed by atoms with Gasteiger partial charge >= 0.3 is 0 Å². The van der Waals surface area contributed by atoms with Gasteiger partial charge in [-0.3, -0.25) is 0 Å². The van der Waals surface area contributed by atoms with E-state index in [2.05, 4.69) is 52.7 Å². The minimum atomic E-state index is 0.674. The molecule has 0 bridgehead atoms. The fraction of sp³-hybridized carbons (Fsp3) is 0.250. The van der Waals surface area contributed by atoms with Crippen molar-refractivity contribution < 1.29 is 0 Å². The third-order valence-electron chi connectivity index (χ3n) is 3.73. The molecule has 0 N–H and O–H groups in total. The van der Waals surface area contributed by atoms with Crippen LogP contribution in [0.4, 0.5) is 11.5 Å². The Kier molecular flexibility index (Phi) is 4.65. The quantitative estimate of drug-likeness (QED) is 0.739. The summed E-state index contributed by atoms with van der Waals surface area (Å²) < 4.78 is 1.97. The lowest BCUT2D eigenvalue weighted by atomic mass is 10.2. The van der Waals surface area contributed by atoms with Crippen LogP contribution in [-0.2, 0) is 0 Å². The molecule has 4 nitrogen and oxygen atoms in total. The number of hydrogen-bond acceptors (Lipinski definition) is 4. The maximum atomic E-state index is 8.94. The van der Waals surface area contributed by atoms with Crippen molar-refractivity contribution in [3.8, 4) is 6.07 Å². The number of hydrogen-bond donors (Lipinski definition) is 0. The molecule has 0 aliphatic carbocycles. The predicted molar refractivity (Wildman–Crippen MR) is 95.2 cm³/mol. The molecule has 0 unspecified atom stereocenters. The molecule has 22 heavy (non-hydrogen) atoms. The molecule has 1 aliphatic rings. The molecule has 0 amide bonds. The molecule has 1 saturated heterocycles. The predicted octanol–water partition coefficient (Wildman–Crippen LogP) is 3.80.